The largest absolute Gasteiger partial charge is 0.461 e. The first-order chi connectivity index (χ1) is 8.04. The van der Waals surface area contributed by atoms with Crippen LogP contribution in [0.3, 0.4) is 0 Å². The van der Waals surface area contributed by atoms with E-state index in [9.17, 15) is 4.79 Å². The number of benzene rings is 1. The van der Waals surface area contributed by atoms with Gasteiger partial charge in [0.25, 0.3) is 0 Å². The molecule has 0 aliphatic rings. The van der Waals surface area contributed by atoms with Crippen molar-refractivity contribution < 1.29 is 9.53 Å². The van der Waals surface area contributed by atoms with Gasteiger partial charge >= 0.3 is 5.97 Å². The summed E-state index contributed by atoms with van der Waals surface area (Å²) in [5.41, 5.74) is 8.48. The van der Waals surface area contributed by atoms with Crippen LogP contribution in [-0.2, 0) is 16.1 Å². The molecule has 0 aliphatic carbocycles. The Labute approximate surface area is 127 Å². The molecule has 19 heavy (non-hydrogen) atoms. The molecule has 0 amide bonds. The van der Waals surface area contributed by atoms with Gasteiger partial charge in [0.1, 0.15) is 6.61 Å². The number of nitrogens with two attached hydrogens (primary N) is 1. The number of nitrogens with zero attached hydrogens (tertiary/aromatic N) is 1. The Hall–Kier alpha value is -1.13. The number of esters is 1. The number of ether oxygens (including phenoxy) is 1. The van der Waals surface area contributed by atoms with Gasteiger partial charge in [-0.3, -0.25) is 4.79 Å². The van der Waals surface area contributed by atoms with Gasteiger partial charge in [-0.25, -0.2) is 0 Å². The molecule has 0 atom stereocenters. The average Bonchev–Trinajstić information content (AvgIpc) is 2.26. The van der Waals surface area contributed by atoms with Crippen LogP contribution >= 0.6 is 24.8 Å². The molecule has 1 aromatic carbocycles. The molecule has 110 valence electrons. The molecule has 0 saturated carbocycles. The van der Waals surface area contributed by atoms with Gasteiger partial charge in [0.05, 0.1) is 11.4 Å². The summed E-state index contributed by atoms with van der Waals surface area (Å²) in [6.07, 6.45) is 1.27. The Morgan fingerprint density at radius 1 is 1.32 bits per heavy atom. The van der Waals surface area contributed by atoms with Gasteiger partial charge in [0.2, 0.25) is 0 Å². The van der Waals surface area contributed by atoms with Crippen molar-refractivity contribution in [1.29, 1.82) is 0 Å². The predicted octanol–water partition coefficient (Wildman–Crippen LogP) is 3.02. The molecule has 0 aliphatic heterocycles. The summed E-state index contributed by atoms with van der Waals surface area (Å²) in [6, 6.07) is 5.69. The number of carbonyl (C=O) groups excluding carboxylic acids is 1. The van der Waals surface area contributed by atoms with Crippen molar-refractivity contribution in [3.8, 4) is 0 Å². The third kappa shape index (κ3) is 6.55. The number of halogens is 2. The monoisotopic (exact) mass is 308 g/mol. The quantitative estimate of drug-likeness (QED) is 0.671. The predicted molar refractivity (Wildman–Crippen MR) is 84.4 cm³/mol. The molecule has 0 aromatic heterocycles. The molecular weight excluding hydrogens is 287 g/mol. The molecular formula is C13H22Cl2N2O2. The zero-order chi connectivity index (χ0) is 12.8. The van der Waals surface area contributed by atoms with E-state index in [-0.39, 0.29) is 37.4 Å². The molecule has 4 nitrogen and oxygen atoms in total. The van der Waals surface area contributed by atoms with Crippen molar-refractivity contribution in [2.45, 2.75) is 26.4 Å². The van der Waals surface area contributed by atoms with Crippen LogP contribution in [0.2, 0.25) is 0 Å². The van der Waals surface area contributed by atoms with E-state index in [1.807, 2.05) is 44.1 Å². The molecule has 0 heterocycles. The summed E-state index contributed by atoms with van der Waals surface area (Å²) in [6.45, 7) is 2.24. The topological polar surface area (TPSA) is 55.6 Å². The molecule has 2 N–H and O–H groups in total. The SMILES string of the molecule is CCCC(=O)OCc1ccc(N(C)C)c(N)c1.Cl.Cl. The third-order valence-electron chi connectivity index (χ3n) is 2.43. The molecule has 0 radical (unpaired) electrons. The summed E-state index contributed by atoms with van der Waals surface area (Å²) in [5, 5.41) is 0. The molecule has 0 spiro atoms. The van der Waals surface area contributed by atoms with Crippen molar-refractivity contribution in [2.24, 2.45) is 0 Å². The summed E-state index contributed by atoms with van der Waals surface area (Å²) in [5.74, 6) is -0.164. The maximum absolute atomic E-state index is 11.2. The van der Waals surface area contributed by atoms with Gasteiger partial charge < -0.3 is 15.4 Å². The molecule has 0 bridgehead atoms. The Balaban J connectivity index is 0. The number of rotatable bonds is 5. The minimum absolute atomic E-state index is 0. The fraction of sp³-hybridized carbons (Fsp3) is 0.462. The van der Waals surface area contributed by atoms with E-state index in [4.69, 9.17) is 10.5 Å². The van der Waals surface area contributed by atoms with Crippen LogP contribution in [-0.4, -0.2) is 20.1 Å². The number of hydrogen-bond acceptors (Lipinski definition) is 4. The van der Waals surface area contributed by atoms with Crippen LogP contribution < -0.4 is 10.6 Å². The second-order valence-electron chi connectivity index (χ2n) is 4.20. The highest BCUT2D eigenvalue weighted by atomic mass is 35.5. The van der Waals surface area contributed by atoms with Crippen molar-refractivity contribution in [3.63, 3.8) is 0 Å². The summed E-state index contributed by atoms with van der Waals surface area (Å²) >= 11 is 0. The molecule has 0 saturated heterocycles. The summed E-state index contributed by atoms with van der Waals surface area (Å²) in [4.78, 5) is 13.2. The maximum atomic E-state index is 11.2. The van der Waals surface area contributed by atoms with Gasteiger partial charge in [0.15, 0.2) is 0 Å². The van der Waals surface area contributed by atoms with Gasteiger partial charge in [0, 0.05) is 20.5 Å². The molecule has 0 fully saturated rings. The zero-order valence-electron chi connectivity index (χ0n) is 11.5. The van der Waals surface area contributed by atoms with Crippen molar-refractivity contribution in [1.82, 2.24) is 0 Å². The van der Waals surface area contributed by atoms with Gasteiger partial charge in [-0.2, -0.15) is 0 Å². The van der Waals surface area contributed by atoms with Crippen LogP contribution in [0, 0.1) is 0 Å². The second-order valence-corrected chi connectivity index (χ2v) is 4.20. The van der Waals surface area contributed by atoms with Gasteiger partial charge in [-0.15, -0.1) is 24.8 Å². The molecule has 1 rings (SSSR count). The van der Waals surface area contributed by atoms with Gasteiger partial charge in [-0.05, 0) is 24.1 Å². The summed E-state index contributed by atoms with van der Waals surface area (Å²) in [7, 11) is 3.87. The lowest BCUT2D eigenvalue weighted by atomic mass is 10.2. The molecule has 1 aromatic rings. The highest BCUT2D eigenvalue weighted by molar-refractivity contribution is 5.85. The van der Waals surface area contributed by atoms with Crippen molar-refractivity contribution >= 4 is 42.2 Å². The van der Waals surface area contributed by atoms with E-state index in [1.165, 1.54) is 0 Å². The first-order valence-corrected chi connectivity index (χ1v) is 5.76. The third-order valence-corrected chi connectivity index (χ3v) is 2.43. The van der Waals surface area contributed by atoms with Gasteiger partial charge in [-0.1, -0.05) is 13.0 Å². The van der Waals surface area contributed by atoms with Crippen LogP contribution in [0.25, 0.3) is 0 Å². The number of anilines is 2. The first kappa shape index (κ1) is 20.2. The fourth-order valence-electron chi connectivity index (χ4n) is 1.54. The lowest BCUT2D eigenvalue weighted by Gasteiger charge is -2.16. The Morgan fingerprint density at radius 2 is 1.95 bits per heavy atom. The number of carbonyl (C=O) groups is 1. The van der Waals surface area contributed by atoms with Crippen molar-refractivity contribution in [2.75, 3.05) is 24.7 Å². The smallest absolute Gasteiger partial charge is 0.306 e. The van der Waals surface area contributed by atoms with E-state index in [0.717, 1.165) is 17.7 Å². The first-order valence-electron chi connectivity index (χ1n) is 5.76. The number of hydrogen-bond donors (Lipinski definition) is 1. The number of nitrogen functional groups attached to an aromatic ring is 1. The Morgan fingerprint density at radius 3 is 2.42 bits per heavy atom. The van der Waals surface area contributed by atoms with Crippen LogP contribution in [0.5, 0.6) is 0 Å². The normalized spacial score (nSPS) is 9.00. The molecule has 6 heteroatoms. The fourth-order valence-corrected chi connectivity index (χ4v) is 1.54. The Kier molecular flexibility index (Phi) is 10.4. The van der Waals surface area contributed by atoms with E-state index in [0.29, 0.717) is 12.1 Å². The average molecular weight is 309 g/mol. The zero-order valence-corrected chi connectivity index (χ0v) is 13.1. The van der Waals surface area contributed by atoms with Crippen LogP contribution in [0.1, 0.15) is 25.3 Å². The highest BCUT2D eigenvalue weighted by Gasteiger charge is 2.05. The lowest BCUT2D eigenvalue weighted by molar-refractivity contribution is -0.144. The summed E-state index contributed by atoms with van der Waals surface area (Å²) < 4.78 is 5.12. The molecule has 0 unspecified atom stereocenters. The van der Waals surface area contributed by atoms with E-state index >= 15 is 0 Å². The van der Waals surface area contributed by atoms with Crippen LogP contribution in [0.15, 0.2) is 18.2 Å². The minimum Gasteiger partial charge on any atom is -0.461 e. The Bertz CT molecular complexity index is 398. The second kappa shape index (κ2) is 9.75. The lowest BCUT2D eigenvalue weighted by Crippen LogP contribution is -2.11. The van der Waals surface area contributed by atoms with E-state index in [1.54, 1.807) is 0 Å². The minimum atomic E-state index is -0.164. The maximum Gasteiger partial charge on any atom is 0.306 e. The standard InChI is InChI=1S/C13H20N2O2.2ClH/c1-4-5-13(16)17-9-10-6-7-12(15(2)3)11(14)8-10;;/h6-8H,4-5,9,14H2,1-3H3;2*1H. The highest BCUT2D eigenvalue weighted by Crippen LogP contribution is 2.22. The van der Waals surface area contributed by atoms with E-state index in [2.05, 4.69) is 0 Å². The van der Waals surface area contributed by atoms with E-state index < -0.39 is 0 Å². The van der Waals surface area contributed by atoms with Crippen LogP contribution in [0.4, 0.5) is 11.4 Å². The van der Waals surface area contributed by atoms with Crippen molar-refractivity contribution in [3.05, 3.63) is 23.8 Å².